The van der Waals surface area contributed by atoms with Crippen LogP contribution in [0.3, 0.4) is 0 Å². The van der Waals surface area contributed by atoms with Crippen molar-refractivity contribution in [2.75, 3.05) is 33.4 Å². The van der Waals surface area contributed by atoms with E-state index in [-0.39, 0.29) is 36.8 Å². The first-order chi connectivity index (χ1) is 17.0. The first-order valence-electron chi connectivity index (χ1n) is 11.7. The number of ether oxygens (including phenoxy) is 2. The molecule has 0 spiro atoms. The zero-order valence-corrected chi connectivity index (χ0v) is 20.7. The third-order valence-corrected chi connectivity index (χ3v) is 7.06. The fourth-order valence-electron chi connectivity index (χ4n) is 4.30. The van der Waals surface area contributed by atoms with Crippen molar-refractivity contribution in [3.63, 3.8) is 0 Å². The minimum Gasteiger partial charge on any atom is -0.497 e. The van der Waals surface area contributed by atoms with Crippen LogP contribution in [0.25, 0.3) is 0 Å². The Morgan fingerprint density at radius 2 is 1.94 bits per heavy atom. The monoisotopic (exact) mass is 496 g/mol. The second-order valence-electron chi connectivity index (χ2n) is 8.38. The number of nitrogens with zero attached hydrogens (tertiary/aromatic N) is 2. The zero-order valence-electron chi connectivity index (χ0n) is 19.9. The van der Waals surface area contributed by atoms with Gasteiger partial charge in [-0.25, -0.2) is 4.39 Å². The van der Waals surface area contributed by atoms with E-state index in [2.05, 4.69) is 0 Å². The molecule has 6 nitrogen and oxygen atoms in total. The van der Waals surface area contributed by atoms with Crippen LogP contribution < -0.4 is 9.47 Å². The molecule has 2 heterocycles. The van der Waals surface area contributed by atoms with Crippen molar-refractivity contribution < 1.29 is 23.5 Å². The predicted octanol–water partition coefficient (Wildman–Crippen LogP) is 4.95. The van der Waals surface area contributed by atoms with Gasteiger partial charge in [0.1, 0.15) is 30.5 Å². The molecule has 0 bridgehead atoms. The summed E-state index contributed by atoms with van der Waals surface area (Å²) in [6.07, 6.45) is 1.49. The summed E-state index contributed by atoms with van der Waals surface area (Å²) in [7, 11) is 1.57. The van der Waals surface area contributed by atoms with E-state index in [1.165, 1.54) is 17.0 Å². The molecule has 0 radical (unpaired) electrons. The summed E-state index contributed by atoms with van der Waals surface area (Å²) in [5.41, 5.74) is 1.56. The van der Waals surface area contributed by atoms with Crippen LogP contribution in [0.15, 0.2) is 60.0 Å². The summed E-state index contributed by atoms with van der Waals surface area (Å²) in [6, 6.07) is 14.6. The standard InChI is InChI=1S/C27H29FN2O4S/c1-3-13-29(27(32)19-7-9-21(33-2)10-8-19)17-26(31)30-14-11-25-23(12-15-35-25)24(30)18-34-22-6-4-5-20(28)16-22/h4-10,12,15-16,24H,3,11,13-14,17-18H2,1-2H3. The van der Waals surface area contributed by atoms with Crippen molar-refractivity contribution in [2.24, 2.45) is 0 Å². The maximum absolute atomic E-state index is 13.6. The number of thiophene rings is 1. The normalized spacial score (nSPS) is 14.8. The Morgan fingerprint density at radius 1 is 1.14 bits per heavy atom. The molecule has 2 amide bonds. The third-order valence-electron chi connectivity index (χ3n) is 6.06. The lowest BCUT2D eigenvalue weighted by Gasteiger charge is -2.37. The van der Waals surface area contributed by atoms with Gasteiger partial charge in [0, 0.05) is 29.6 Å². The van der Waals surface area contributed by atoms with Crippen LogP contribution in [-0.2, 0) is 11.2 Å². The third kappa shape index (κ3) is 5.82. The van der Waals surface area contributed by atoms with Crippen molar-refractivity contribution in [2.45, 2.75) is 25.8 Å². The van der Waals surface area contributed by atoms with Gasteiger partial charge in [-0.15, -0.1) is 11.3 Å². The molecule has 1 atom stereocenters. The van der Waals surface area contributed by atoms with Gasteiger partial charge in [0.25, 0.3) is 5.91 Å². The summed E-state index contributed by atoms with van der Waals surface area (Å²) in [5, 5.41) is 2.02. The smallest absolute Gasteiger partial charge is 0.254 e. The number of amides is 2. The van der Waals surface area contributed by atoms with Gasteiger partial charge in [-0.1, -0.05) is 13.0 Å². The topological polar surface area (TPSA) is 59.1 Å². The molecule has 1 aliphatic heterocycles. The van der Waals surface area contributed by atoms with Gasteiger partial charge in [0.2, 0.25) is 5.91 Å². The average Bonchev–Trinajstić information content (AvgIpc) is 3.36. The predicted molar refractivity (Wildman–Crippen MR) is 134 cm³/mol. The van der Waals surface area contributed by atoms with E-state index >= 15 is 0 Å². The summed E-state index contributed by atoms with van der Waals surface area (Å²) in [6.45, 7) is 3.18. The summed E-state index contributed by atoms with van der Waals surface area (Å²) in [5.74, 6) is 0.388. The molecule has 0 saturated heterocycles. The summed E-state index contributed by atoms with van der Waals surface area (Å²) >= 11 is 1.67. The molecule has 3 aromatic rings. The van der Waals surface area contributed by atoms with E-state index in [1.807, 2.05) is 18.4 Å². The van der Waals surface area contributed by atoms with E-state index < -0.39 is 0 Å². The molecule has 0 fully saturated rings. The van der Waals surface area contributed by atoms with E-state index in [0.717, 1.165) is 18.4 Å². The number of hydrogen-bond donors (Lipinski definition) is 0. The Hall–Kier alpha value is -3.39. The van der Waals surface area contributed by atoms with Gasteiger partial charge >= 0.3 is 0 Å². The fourth-order valence-corrected chi connectivity index (χ4v) is 5.23. The Labute approximate surface area is 208 Å². The summed E-state index contributed by atoms with van der Waals surface area (Å²) < 4.78 is 24.7. The number of hydrogen-bond acceptors (Lipinski definition) is 5. The highest BCUT2D eigenvalue weighted by molar-refractivity contribution is 7.10. The lowest BCUT2D eigenvalue weighted by atomic mass is 10.0. The number of methoxy groups -OCH3 is 1. The number of fused-ring (bicyclic) bond motifs is 1. The molecule has 35 heavy (non-hydrogen) atoms. The molecule has 0 N–H and O–H groups in total. The van der Waals surface area contributed by atoms with Gasteiger partial charge in [-0.05, 0) is 66.2 Å². The van der Waals surface area contributed by atoms with Crippen LogP contribution in [0.2, 0.25) is 0 Å². The average molecular weight is 497 g/mol. The molecular weight excluding hydrogens is 467 g/mol. The molecule has 1 aliphatic rings. The van der Waals surface area contributed by atoms with Crippen LogP contribution >= 0.6 is 11.3 Å². The van der Waals surface area contributed by atoms with Crippen LogP contribution in [0.4, 0.5) is 4.39 Å². The van der Waals surface area contributed by atoms with E-state index in [0.29, 0.717) is 30.2 Å². The number of rotatable bonds is 9. The SMILES string of the molecule is CCCN(CC(=O)N1CCc2sccc2C1COc1cccc(F)c1)C(=O)c1ccc(OC)cc1. The number of halogens is 1. The maximum Gasteiger partial charge on any atom is 0.254 e. The van der Waals surface area contributed by atoms with Crippen molar-refractivity contribution in [1.29, 1.82) is 0 Å². The van der Waals surface area contributed by atoms with E-state index in [4.69, 9.17) is 9.47 Å². The van der Waals surface area contributed by atoms with Crippen LogP contribution in [0.1, 0.15) is 40.2 Å². The second-order valence-corrected chi connectivity index (χ2v) is 9.38. The molecule has 1 aromatic heterocycles. The van der Waals surface area contributed by atoms with Crippen LogP contribution in [0, 0.1) is 5.82 Å². The molecule has 1 unspecified atom stereocenters. The van der Waals surface area contributed by atoms with Gasteiger partial charge < -0.3 is 19.3 Å². The first kappa shape index (κ1) is 24.7. The first-order valence-corrected chi connectivity index (χ1v) is 12.6. The summed E-state index contributed by atoms with van der Waals surface area (Å²) in [4.78, 5) is 31.3. The van der Waals surface area contributed by atoms with Crippen molar-refractivity contribution in [3.8, 4) is 11.5 Å². The largest absolute Gasteiger partial charge is 0.497 e. The minimum absolute atomic E-state index is 0.0192. The van der Waals surface area contributed by atoms with Gasteiger partial charge in [-0.2, -0.15) is 0 Å². The lowest BCUT2D eigenvalue weighted by Crippen LogP contribution is -2.48. The van der Waals surface area contributed by atoms with Gasteiger partial charge in [-0.3, -0.25) is 9.59 Å². The molecule has 8 heteroatoms. The molecule has 2 aromatic carbocycles. The Bertz CT molecular complexity index is 1160. The minimum atomic E-state index is -0.373. The highest BCUT2D eigenvalue weighted by Gasteiger charge is 2.33. The number of carbonyl (C=O) groups is 2. The second kappa shape index (κ2) is 11.4. The molecule has 0 aliphatic carbocycles. The zero-order chi connectivity index (χ0) is 24.8. The van der Waals surface area contributed by atoms with Gasteiger partial charge in [0.05, 0.1) is 13.2 Å². The Morgan fingerprint density at radius 3 is 2.66 bits per heavy atom. The molecule has 0 saturated carbocycles. The molecular formula is C27H29FN2O4S. The van der Waals surface area contributed by atoms with E-state index in [9.17, 15) is 14.0 Å². The van der Waals surface area contributed by atoms with Crippen molar-refractivity contribution >= 4 is 23.2 Å². The molecule has 4 rings (SSSR count). The number of carbonyl (C=O) groups excluding carboxylic acids is 2. The maximum atomic E-state index is 13.6. The molecule has 184 valence electrons. The van der Waals surface area contributed by atoms with Crippen molar-refractivity contribution in [1.82, 2.24) is 9.80 Å². The Balaban J connectivity index is 1.51. The lowest BCUT2D eigenvalue weighted by molar-refractivity contribution is -0.135. The van der Waals surface area contributed by atoms with Crippen LogP contribution in [-0.4, -0.2) is 55.0 Å². The highest BCUT2D eigenvalue weighted by Crippen LogP contribution is 2.34. The van der Waals surface area contributed by atoms with Crippen LogP contribution in [0.5, 0.6) is 11.5 Å². The Kier molecular flexibility index (Phi) is 8.02. The quantitative estimate of drug-likeness (QED) is 0.421. The fraction of sp³-hybridized carbons (Fsp3) is 0.333. The van der Waals surface area contributed by atoms with Crippen molar-refractivity contribution in [3.05, 3.63) is 81.8 Å². The van der Waals surface area contributed by atoms with Gasteiger partial charge in [0.15, 0.2) is 0 Å². The number of benzene rings is 2. The van der Waals surface area contributed by atoms with E-state index in [1.54, 1.807) is 64.6 Å². The highest BCUT2D eigenvalue weighted by atomic mass is 32.1.